The molecule has 0 fully saturated rings. The lowest BCUT2D eigenvalue weighted by atomic mass is 9.86. The number of benzene rings is 1. The Balaban J connectivity index is 2.42. The minimum absolute atomic E-state index is 0.0565. The van der Waals surface area contributed by atoms with Crippen molar-refractivity contribution in [2.75, 3.05) is 27.2 Å². The maximum atomic E-state index is 11.4. The van der Waals surface area contributed by atoms with Crippen molar-refractivity contribution in [1.82, 2.24) is 15.5 Å². The van der Waals surface area contributed by atoms with E-state index in [0.717, 1.165) is 6.54 Å². The Morgan fingerprint density at radius 1 is 1.14 bits per heavy atom. The van der Waals surface area contributed by atoms with Gasteiger partial charge < -0.3 is 15.5 Å². The highest BCUT2D eigenvalue weighted by molar-refractivity contribution is 5.73. The molecule has 0 aliphatic carbocycles. The fourth-order valence-electron chi connectivity index (χ4n) is 2.01. The van der Waals surface area contributed by atoms with Gasteiger partial charge in [0.05, 0.1) is 0 Å². The molecule has 0 spiro atoms. The van der Waals surface area contributed by atoms with Crippen LogP contribution in [0.3, 0.4) is 0 Å². The SMILES string of the molecule is CC(NCCNC(=O)N(C)C)c1ccc(C(C)(C)C)cc1. The normalized spacial score (nSPS) is 12.9. The van der Waals surface area contributed by atoms with Crippen molar-refractivity contribution in [3.8, 4) is 0 Å². The predicted molar refractivity (Wildman–Crippen MR) is 88.6 cm³/mol. The Labute approximate surface area is 128 Å². The number of carbonyl (C=O) groups excluding carboxylic acids is 1. The number of urea groups is 1. The van der Waals surface area contributed by atoms with E-state index in [1.54, 1.807) is 14.1 Å². The van der Waals surface area contributed by atoms with Crippen LogP contribution < -0.4 is 10.6 Å². The molecule has 0 aromatic heterocycles. The van der Waals surface area contributed by atoms with E-state index in [1.165, 1.54) is 16.0 Å². The topological polar surface area (TPSA) is 44.4 Å². The summed E-state index contributed by atoms with van der Waals surface area (Å²) in [5.74, 6) is 0. The summed E-state index contributed by atoms with van der Waals surface area (Å²) >= 11 is 0. The molecule has 118 valence electrons. The molecule has 4 nitrogen and oxygen atoms in total. The molecule has 1 aromatic carbocycles. The van der Waals surface area contributed by atoms with Gasteiger partial charge in [-0.15, -0.1) is 0 Å². The standard InChI is InChI=1S/C17H29N3O/c1-13(18-11-12-19-16(21)20(5)6)14-7-9-15(10-8-14)17(2,3)4/h7-10,13,18H,11-12H2,1-6H3,(H,19,21). The second-order valence-electron chi connectivity index (χ2n) is 6.67. The van der Waals surface area contributed by atoms with Gasteiger partial charge in [-0.2, -0.15) is 0 Å². The Kier molecular flexibility index (Phi) is 6.21. The zero-order chi connectivity index (χ0) is 16.0. The van der Waals surface area contributed by atoms with Crippen LogP contribution in [0.4, 0.5) is 4.79 Å². The van der Waals surface area contributed by atoms with Crippen LogP contribution in [0.1, 0.15) is 44.9 Å². The third-order valence-electron chi connectivity index (χ3n) is 3.53. The number of hydrogen-bond acceptors (Lipinski definition) is 2. The molecule has 4 heteroatoms. The van der Waals surface area contributed by atoms with Crippen molar-refractivity contribution in [1.29, 1.82) is 0 Å². The quantitative estimate of drug-likeness (QED) is 0.819. The summed E-state index contributed by atoms with van der Waals surface area (Å²) in [7, 11) is 3.48. The molecule has 0 saturated carbocycles. The fraction of sp³-hybridized carbons (Fsp3) is 0.588. The summed E-state index contributed by atoms with van der Waals surface area (Å²) < 4.78 is 0. The van der Waals surface area contributed by atoms with Crippen molar-refractivity contribution < 1.29 is 4.79 Å². The summed E-state index contributed by atoms with van der Waals surface area (Å²) in [5, 5.41) is 6.26. The van der Waals surface area contributed by atoms with Gasteiger partial charge in [-0.05, 0) is 23.5 Å². The fourth-order valence-corrected chi connectivity index (χ4v) is 2.01. The average molecular weight is 291 g/mol. The van der Waals surface area contributed by atoms with Crippen LogP contribution in [-0.4, -0.2) is 38.1 Å². The summed E-state index contributed by atoms with van der Waals surface area (Å²) in [6.45, 7) is 10.2. The van der Waals surface area contributed by atoms with E-state index in [9.17, 15) is 4.79 Å². The lowest BCUT2D eigenvalue weighted by Gasteiger charge is -2.21. The molecule has 0 heterocycles. The van der Waals surface area contributed by atoms with Gasteiger partial charge in [0, 0.05) is 33.2 Å². The molecule has 2 amide bonds. The molecule has 0 aliphatic heterocycles. The monoisotopic (exact) mass is 291 g/mol. The molecule has 0 radical (unpaired) electrons. The molecule has 1 atom stereocenters. The Morgan fingerprint density at radius 3 is 2.19 bits per heavy atom. The van der Waals surface area contributed by atoms with Crippen molar-refractivity contribution in [2.45, 2.75) is 39.2 Å². The van der Waals surface area contributed by atoms with Gasteiger partial charge in [0.2, 0.25) is 0 Å². The smallest absolute Gasteiger partial charge is 0.316 e. The van der Waals surface area contributed by atoms with Gasteiger partial charge in [-0.1, -0.05) is 45.0 Å². The number of rotatable bonds is 5. The molecule has 1 unspecified atom stereocenters. The van der Waals surface area contributed by atoms with Crippen LogP contribution in [0.5, 0.6) is 0 Å². The largest absolute Gasteiger partial charge is 0.337 e. The molecule has 0 aliphatic rings. The second-order valence-corrected chi connectivity index (χ2v) is 6.67. The van der Waals surface area contributed by atoms with E-state index in [0.29, 0.717) is 6.54 Å². The summed E-state index contributed by atoms with van der Waals surface area (Å²) in [5.41, 5.74) is 2.80. The van der Waals surface area contributed by atoms with Crippen LogP contribution in [0.25, 0.3) is 0 Å². The first-order valence-corrected chi connectivity index (χ1v) is 7.51. The molecule has 0 bridgehead atoms. The molecule has 1 aromatic rings. The first-order valence-electron chi connectivity index (χ1n) is 7.51. The van der Waals surface area contributed by atoms with Gasteiger partial charge >= 0.3 is 6.03 Å². The number of hydrogen-bond donors (Lipinski definition) is 2. The minimum Gasteiger partial charge on any atom is -0.337 e. The highest BCUT2D eigenvalue weighted by Gasteiger charge is 2.13. The zero-order valence-electron chi connectivity index (χ0n) is 14.2. The lowest BCUT2D eigenvalue weighted by Crippen LogP contribution is -2.38. The van der Waals surface area contributed by atoms with Crippen LogP contribution in [0.2, 0.25) is 0 Å². The molecular weight excluding hydrogens is 262 g/mol. The lowest BCUT2D eigenvalue weighted by molar-refractivity contribution is 0.217. The molecular formula is C17H29N3O. The maximum Gasteiger partial charge on any atom is 0.316 e. The number of amides is 2. The van der Waals surface area contributed by atoms with Gasteiger partial charge in [0.1, 0.15) is 0 Å². The van der Waals surface area contributed by atoms with E-state index in [-0.39, 0.29) is 17.5 Å². The minimum atomic E-state index is -0.0565. The first kappa shape index (κ1) is 17.5. The van der Waals surface area contributed by atoms with E-state index < -0.39 is 0 Å². The van der Waals surface area contributed by atoms with Crippen molar-refractivity contribution in [3.05, 3.63) is 35.4 Å². The van der Waals surface area contributed by atoms with Crippen molar-refractivity contribution in [2.24, 2.45) is 0 Å². The van der Waals surface area contributed by atoms with Crippen LogP contribution >= 0.6 is 0 Å². The highest BCUT2D eigenvalue weighted by Crippen LogP contribution is 2.23. The third kappa shape index (κ3) is 5.76. The second kappa shape index (κ2) is 7.46. The highest BCUT2D eigenvalue weighted by atomic mass is 16.2. The molecule has 0 saturated heterocycles. The molecule has 21 heavy (non-hydrogen) atoms. The summed E-state index contributed by atoms with van der Waals surface area (Å²) in [6.07, 6.45) is 0. The maximum absolute atomic E-state index is 11.4. The van der Waals surface area contributed by atoms with E-state index in [4.69, 9.17) is 0 Å². The summed E-state index contributed by atoms with van der Waals surface area (Å²) in [4.78, 5) is 12.9. The van der Waals surface area contributed by atoms with Crippen LogP contribution in [0, 0.1) is 0 Å². The molecule has 1 rings (SSSR count). The van der Waals surface area contributed by atoms with E-state index in [2.05, 4.69) is 62.6 Å². The molecule has 2 N–H and O–H groups in total. The zero-order valence-corrected chi connectivity index (χ0v) is 14.2. The van der Waals surface area contributed by atoms with Crippen molar-refractivity contribution >= 4 is 6.03 Å². The average Bonchev–Trinajstić information content (AvgIpc) is 2.42. The first-order chi connectivity index (χ1) is 9.71. The van der Waals surface area contributed by atoms with Crippen molar-refractivity contribution in [3.63, 3.8) is 0 Å². The van der Waals surface area contributed by atoms with E-state index in [1.807, 2.05) is 0 Å². The van der Waals surface area contributed by atoms with E-state index >= 15 is 0 Å². The Bertz CT molecular complexity index is 446. The Hall–Kier alpha value is -1.55. The van der Waals surface area contributed by atoms with Gasteiger partial charge in [-0.25, -0.2) is 4.79 Å². The predicted octanol–water partition coefficient (Wildman–Crippen LogP) is 2.91. The summed E-state index contributed by atoms with van der Waals surface area (Å²) in [6, 6.07) is 8.96. The van der Waals surface area contributed by atoms with Gasteiger partial charge in [0.15, 0.2) is 0 Å². The third-order valence-corrected chi connectivity index (χ3v) is 3.53. The van der Waals surface area contributed by atoms with Crippen LogP contribution in [-0.2, 0) is 5.41 Å². The number of nitrogens with one attached hydrogen (secondary N) is 2. The van der Waals surface area contributed by atoms with Crippen LogP contribution in [0.15, 0.2) is 24.3 Å². The number of carbonyl (C=O) groups is 1. The van der Waals surface area contributed by atoms with Gasteiger partial charge in [0.25, 0.3) is 0 Å². The Morgan fingerprint density at radius 2 is 1.71 bits per heavy atom. The van der Waals surface area contributed by atoms with Gasteiger partial charge in [-0.3, -0.25) is 0 Å². The number of nitrogens with zero attached hydrogens (tertiary/aromatic N) is 1.